The van der Waals surface area contributed by atoms with Gasteiger partial charge in [0.2, 0.25) is 5.91 Å². The van der Waals surface area contributed by atoms with Gasteiger partial charge in [-0.2, -0.15) is 0 Å². The lowest BCUT2D eigenvalue weighted by atomic mass is 10.0. The lowest BCUT2D eigenvalue weighted by molar-refractivity contribution is -0.138. The van der Waals surface area contributed by atoms with Gasteiger partial charge in [0.15, 0.2) is 0 Å². The molecule has 1 aromatic rings. The number of rotatable bonds is 4. The first-order valence-electron chi connectivity index (χ1n) is 8.00. The van der Waals surface area contributed by atoms with Crippen molar-refractivity contribution in [1.82, 2.24) is 10.2 Å². The Morgan fingerprint density at radius 2 is 2.00 bits per heavy atom. The molecule has 0 spiro atoms. The number of benzene rings is 1. The van der Waals surface area contributed by atoms with E-state index >= 15 is 0 Å². The fourth-order valence-electron chi connectivity index (χ4n) is 3.51. The first kappa shape index (κ1) is 14.9. The molecule has 1 aromatic carbocycles. The van der Waals surface area contributed by atoms with Crippen molar-refractivity contribution in [3.05, 3.63) is 34.9 Å². The van der Waals surface area contributed by atoms with Gasteiger partial charge in [0.05, 0.1) is 5.92 Å². The Balaban J connectivity index is 1.78. The first-order chi connectivity index (χ1) is 10.3. The Bertz CT molecular complexity index is 493. The summed E-state index contributed by atoms with van der Waals surface area (Å²) in [6.45, 7) is 2.44. The van der Waals surface area contributed by atoms with E-state index in [-0.39, 0.29) is 5.92 Å². The zero-order valence-electron chi connectivity index (χ0n) is 12.4. The number of hydrogen-bond acceptors (Lipinski definition) is 2. The minimum atomic E-state index is 0.146. The number of nitrogens with zero attached hydrogens (tertiary/aromatic N) is 1. The van der Waals surface area contributed by atoms with E-state index < -0.39 is 0 Å². The summed E-state index contributed by atoms with van der Waals surface area (Å²) < 4.78 is 0. The number of nitrogens with one attached hydrogen (secondary N) is 1. The van der Waals surface area contributed by atoms with Crippen LogP contribution in [-0.4, -0.2) is 29.9 Å². The maximum absolute atomic E-state index is 12.9. The number of amides is 1. The van der Waals surface area contributed by atoms with E-state index in [1.807, 2.05) is 24.3 Å². The van der Waals surface area contributed by atoms with Crippen LogP contribution in [0, 0.1) is 5.92 Å². The van der Waals surface area contributed by atoms with Crippen LogP contribution in [0.15, 0.2) is 24.3 Å². The summed E-state index contributed by atoms with van der Waals surface area (Å²) in [5.41, 5.74) is 1.06. The highest BCUT2D eigenvalue weighted by Gasteiger charge is 2.32. The average Bonchev–Trinajstić information content (AvgIpc) is 3.19. The summed E-state index contributed by atoms with van der Waals surface area (Å²) >= 11 is 6.29. The average molecular weight is 307 g/mol. The van der Waals surface area contributed by atoms with E-state index in [0.717, 1.165) is 42.9 Å². The molecular weight excluding hydrogens is 284 g/mol. The second kappa shape index (κ2) is 6.80. The van der Waals surface area contributed by atoms with Crippen molar-refractivity contribution >= 4 is 17.5 Å². The second-order valence-electron chi connectivity index (χ2n) is 6.19. The fourth-order valence-corrected chi connectivity index (χ4v) is 3.71. The third-order valence-electron chi connectivity index (χ3n) is 4.76. The van der Waals surface area contributed by atoms with Crippen LogP contribution in [-0.2, 0) is 11.3 Å². The van der Waals surface area contributed by atoms with Gasteiger partial charge >= 0.3 is 0 Å². The van der Waals surface area contributed by atoms with Crippen molar-refractivity contribution in [3.8, 4) is 0 Å². The number of hydrogen-bond donors (Lipinski definition) is 1. The topological polar surface area (TPSA) is 32.3 Å². The molecule has 2 aliphatic rings. The Morgan fingerprint density at radius 3 is 2.67 bits per heavy atom. The van der Waals surface area contributed by atoms with Crippen molar-refractivity contribution in [2.75, 3.05) is 13.1 Å². The molecule has 3 rings (SSSR count). The summed E-state index contributed by atoms with van der Waals surface area (Å²) in [6, 6.07) is 8.27. The molecule has 1 aliphatic carbocycles. The van der Waals surface area contributed by atoms with Crippen molar-refractivity contribution < 1.29 is 4.79 Å². The SMILES string of the molecule is O=C(C1CCNC1)N(Cc1ccccc1Cl)C1CCCC1. The predicted molar refractivity (Wildman–Crippen MR) is 85.2 cm³/mol. The normalized spacial score (nSPS) is 22.6. The molecule has 1 aliphatic heterocycles. The molecule has 1 N–H and O–H groups in total. The number of halogens is 1. The van der Waals surface area contributed by atoms with Gasteiger partial charge in [-0.25, -0.2) is 0 Å². The quantitative estimate of drug-likeness (QED) is 0.926. The van der Waals surface area contributed by atoms with Crippen molar-refractivity contribution in [1.29, 1.82) is 0 Å². The van der Waals surface area contributed by atoms with Crippen LogP contribution in [0.5, 0.6) is 0 Å². The van der Waals surface area contributed by atoms with Crippen LogP contribution in [0.1, 0.15) is 37.7 Å². The molecule has 21 heavy (non-hydrogen) atoms. The Labute approximate surface area is 131 Å². The van der Waals surface area contributed by atoms with Gasteiger partial charge in [0, 0.05) is 24.2 Å². The summed E-state index contributed by atoms with van der Waals surface area (Å²) in [5.74, 6) is 0.458. The smallest absolute Gasteiger partial charge is 0.227 e. The highest BCUT2D eigenvalue weighted by molar-refractivity contribution is 6.31. The summed E-state index contributed by atoms with van der Waals surface area (Å²) in [5, 5.41) is 4.06. The van der Waals surface area contributed by atoms with Gasteiger partial charge in [-0.1, -0.05) is 42.6 Å². The molecule has 1 saturated heterocycles. The molecule has 2 fully saturated rings. The Morgan fingerprint density at radius 1 is 1.24 bits per heavy atom. The predicted octanol–water partition coefficient (Wildman–Crippen LogP) is 3.22. The van der Waals surface area contributed by atoms with Crippen molar-refractivity contribution in [3.63, 3.8) is 0 Å². The van der Waals surface area contributed by atoms with E-state index in [2.05, 4.69) is 10.2 Å². The zero-order valence-corrected chi connectivity index (χ0v) is 13.1. The molecule has 1 amide bonds. The summed E-state index contributed by atoms with van der Waals surface area (Å²) in [6.07, 6.45) is 5.71. The highest BCUT2D eigenvalue weighted by Crippen LogP contribution is 2.29. The molecule has 1 atom stereocenters. The third-order valence-corrected chi connectivity index (χ3v) is 5.13. The summed E-state index contributed by atoms with van der Waals surface area (Å²) in [4.78, 5) is 15.0. The van der Waals surface area contributed by atoms with Crippen molar-refractivity contribution in [2.45, 2.75) is 44.7 Å². The monoisotopic (exact) mass is 306 g/mol. The number of carbonyl (C=O) groups is 1. The minimum absolute atomic E-state index is 0.146. The maximum atomic E-state index is 12.9. The molecule has 4 heteroatoms. The third kappa shape index (κ3) is 3.41. The van der Waals surface area contributed by atoms with E-state index in [4.69, 9.17) is 11.6 Å². The molecule has 114 valence electrons. The van der Waals surface area contributed by atoms with Crippen LogP contribution in [0.4, 0.5) is 0 Å². The van der Waals surface area contributed by atoms with E-state index in [9.17, 15) is 4.79 Å². The molecular formula is C17H23ClN2O. The van der Waals surface area contributed by atoms with Crippen LogP contribution in [0.25, 0.3) is 0 Å². The van der Waals surface area contributed by atoms with E-state index in [1.165, 1.54) is 12.8 Å². The highest BCUT2D eigenvalue weighted by atomic mass is 35.5. The molecule has 1 saturated carbocycles. The van der Waals surface area contributed by atoms with Crippen LogP contribution < -0.4 is 5.32 Å². The van der Waals surface area contributed by atoms with Crippen LogP contribution in [0.3, 0.4) is 0 Å². The fraction of sp³-hybridized carbons (Fsp3) is 0.588. The van der Waals surface area contributed by atoms with Gasteiger partial charge < -0.3 is 10.2 Å². The lowest BCUT2D eigenvalue weighted by Gasteiger charge is -2.31. The number of carbonyl (C=O) groups excluding carboxylic acids is 1. The van der Waals surface area contributed by atoms with E-state index in [1.54, 1.807) is 0 Å². The van der Waals surface area contributed by atoms with Gasteiger partial charge in [0.1, 0.15) is 0 Å². The minimum Gasteiger partial charge on any atom is -0.335 e. The Hall–Kier alpha value is -1.06. The van der Waals surface area contributed by atoms with E-state index in [0.29, 0.717) is 18.5 Å². The maximum Gasteiger partial charge on any atom is 0.227 e. The Kier molecular flexibility index (Phi) is 4.81. The molecule has 0 radical (unpaired) electrons. The molecule has 1 heterocycles. The van der Waals surface area contributed by atoms with Gasteiger partial charge in [0.25, 0.3) is 0 Å². The molecule has 0 aromatic heterocycles. The standard InChI is InChI=1S/C17H23ClN2O/c18-16-8-4-1-5-14(16)12-20(15-6-2-3-7-15)17(21)13-9-10-19-11-13/h1,4-5,8,13,15,19H,2-3,6-7,9-12H2. The zero-order chi connectivity index (χ0) is 14.7. The van der Waals surface area contributed by atoms with Gasteiger partial charge in [-0.15, -0.1) is 0 Å². The first-order valence-corrected chi connectivity index (χ1v) is 8.38. The van der Waals surface area contributed by atoms with Gasteiger partial charge in [-0.3, -0.25) is 4.79 Å². The van der Waals surface area contributed by atoms with Gasteiger partial charge in [-0.05, 0) is 37.4 Å². The van der Waals surface area contributed by atoms with Crippen molar-refractivity contribution in [2.24, 2.45) is 5.92 Å². The second-order valence-corrected chi connectivity index (χ2v) is 6.59. The molecule has 0 bridgehead atoms. The summed E-state index contributed by atoms with van der Waals surface area (Å²) in [7, 11) is 0. The van der Waals surface area contributed by atoms with Crippen LogP contribution >= 0.6 is 11.6 Å². The largest absolute Gasteiger partial charge is 0.335 e. The molecule has 3 nitrogen and oxygen atoms in total. The lowest BCUT2D eigenvalue weighted by Crippen LogP contribution is -2.42. The van der Waals surface area contributed by atoms with Crippen LogP contribution in [0.2, 0.25) is 5.02 Å². The molecule has 1 unspecified atom stereocenters.